The minimum atomic E-state index is -1.90. The van der Waals surface area contributed by atoms with Crippen molar-refractivity contribution in [2.24, 2.45) is 28.9 Å². The molecule has 3 unspecified atom stereocenters. The van der Waals surface area contributed by atoms with Gasteiger partial charge in [-0.1, -0.05) is 27.7 Å². The van der Waals surface area contributed by atoms with Gasteiger partial charge in [-0.2, -0.15) is 0 Å². The summed E-state index contributed by atoms with van der Waals surface area (Å²) in [4.78, 5) is 42.1. The summed E-state index contributed by atoms with van der Waals surface area (Å²) in [5, 5.41) is 3.08. The third kappa shape index (κ3) is 5.77. The second-order valence-electron chi connectivity index (χ2n) is 14.5. The first-order valence-corrected chi connectivity index (χ1v) is 17.9. The average molecular weight is 564 g/mol. The Bertz CT molecular complexity index is 938. The van der Waals surface area contributed by atoms with Gasteiger partial charge in [0.05, 0.1) is 5.60 Å². The van der Waals surface area contributed by atoms with Crippen LogP contribution in [0.3, 0.4) is 0 Å². The van der Waals surface area contributed by atoms with Gasteiger partial charge in [0.1, 0.15) is 17.7 Å². The van der Waals surface area contributed by atoms with Crippen LogP contribution in [0.4, 0.5) is 4.79 Å². The van der Waals surface area contributed by atoms with Crippen molar-refractivity contribution in [2.75, 3.05) is 0 Å². The molecule has 222 valence electrons. The highest BCUT2D eigenvalue weighted by molar-refractivity contribution is 6.73. The molecule has 9 heteroatoms. The van der Waals surface area contributed by atoms with Crippen molar-refractivity contribution >= 4 is 26.2 Å². The summed E-state index contributed by atoms with van der Waals surface area (Å²) in [6, 6.07) is 1.68. The Kier molecular flexibility index (Phi) is 8.29. The molecule has 8 nitrogen and oxygen atoms in total. The van der Waals surface area contributed by atoms with E-state index in [1.165, 1.54) is 6.42 Å². The number of rotatable bonds is 9. The zero-order chi connectivity index (χ0) is 29.0. The van der Waals surface area contributed by atoms with E-state index in [1.807, 2.05) is 27.7 Å². The quantitative estimate of drug-likeness (QED) is 0.367. The van der Waals surface area contributed by atoms with Crippen LogP contribution in [0.15, 0.2) is 0 Å². The maximum Gasteiger partial charge on any atom is 0.408 e. The SMILES string of the molecule is CC[Si](CC)(CC)OC12CC3CC(C1)CC([C@H](NC(=O)OC(C)(C)C)C(=O)N1C(C)[C@@H](C)C[C@H]1C(N)=O)(C3)C2. The molecule has 4 saturated carbocycles. The highest BCUT2D eigenvalue weighted by Gasteiger charge is 2.64. The van der Waals surface area contributed by atoms with E-state index in [4.69, 9.17) is 14.9 Å². The predicted molar refractivity (Wildman–Crippen MR) is 154 cm³/mol. The number of hydrogen-bond donors (Lipinski definition) is 2. The standard InChI is InChI=1S/C30H53N3O5Si/c1-9-39(10-2,11-3)38-30-16-21-13-22(17-30)15-29(14-21,18-30)24(32-27(36)37-28(6,7)8)26(35)33-20(5)19(4)12-23(33)25(31)34/h19-24H,9-18H2,1-8H3,(H2,31,34)(H,32,36)/t19-,20?,21?,22?,23-,24+,29?,30?/m0/s1. The van der Waals surface area contributed by atoms with Crippen LogP contribution in [0.25, 0.3) is 0 Å². The van der Waals surface area contributed by atoms with Crippen LogP contribution in [0.2, 0.25) is 18.1 Å². The van der Waals surface area contributed by atoms with Gasteiger partial charge in [0.25, 0.3) is 0 Å². The van der Waals surface area contributed by atoms with Crippen molar-refractivity contribution in [3.63, 3.8) is 0 Å². The van der Waals surface area contributed by atoms with E-state index in [9.17, 15) is 14.4 Å². The molecule has 1 saturated heterocycles. The van der Waals surface area contributed by atoms with Gasteiger partial charge in [0.15, 0.2) is 8.32 Å². The van der Waals surface area contributed by atoms with Gasteiger partial charge in [-0.15, -0.1) is 0 Å². The number of nitrogens with zero attached hydrogens (tertiary/aromatic N) is 1. The first-order valence-electron chi connectivity index (χ1n) is 15.4. The van der Waals surface area contributed by atoms with E-state index in [2.05, 4.69) is 33.0 Å². The van der Waals surface area contributed by atoms with Gasteiger partial charge < -0.3 is 25.1 Å². The lowest BCUT2D eigenvalue weighted by Gasteiger charge is -2.65. The smallest absolute Gasteiger partial charge is 0.408 e. The van der Waals surface area contributed by atoms with E-state index < -0.39 is 43.4 Å². The van der Waals surface area contributed by atoms with Gasteiger partial charge in [0.2, 0.25) is 11.8 Å². The molecule has 1 heterocycles. The Hall–Kier alpha value is -1.61. The van der Waals surface area contributed by atoms with Crippen LogP contribution in [-0.4, -0.2) is 60.5 Å². The van der Waals surface area contributed by atoms with Gasteiger partial charge in [-0.05, 0) is 109 Å². The van der Waals surface area contributed by atoms with Crippen molar-refractivity contribution in [2.45, 2.75) is 148 Å². The Labute approximate surface area is 236 Å². The van der Waals surface area contributed by atoms with Crippen molar-refractivity contribution in [3.8, 4) is 0 Å². The van der Waals surface area contributed by atoms with Crippen LogP contribution >= 0.6 is 0 Å². The summed E-state index contributed by atoms with van der Waals surface area (Å²) in [5.41, 5.74) is 4.46. The Morgan fingerprint density at radius 3 is 2.05 bits per heavy atom. The molecule has 1 aliphatic heterocycles. The summed E-state index contributed by atoms with van der Waals surface area (Å²) < 4.78 is 13.0. The molecule has 4 aliphatic carbocycles. The molecule has 39 heavy (non-hydrogen) atoms. The van der Waals surface area contributed by atoms with Crippen LogP contribution in [-0.2, 0) is 18.8 Å². The molecule has 3 amide bonds. The van der Waals surface area contributed by atoms with Gasteiger partial charge in [0, 0.05) is 11.5 Å². The predicted octanol–water partition coefficient (Wildman–Crippen LogP) is 5.35. The normalized spacial score (nSPS) is 36.6. The number of amides is 3. The monoisotopic (exact) mass is 563 g/mol. The Morgan fingerprint density at radius 2 is 1.56 bits per heavy atom. The Balaban J connectivity index is 1.74. The number of carbonyl (C=O) groups is 3. The second kappa shape index (κ2) is 10.7. The maximum absolute atomic E-state index is 14.6. The first kappa shape index (κ1) is 30.3. The zero-order valence-electron chi connectivity index (χ0n) is 25.6. The van der Waals surface area contributed by atoms with Crippen molar-refractivity contribution in [3.05, 3.63) is 0 Å². The zero-order valence-corrected chi connectivity index (χ0v) is 26.6. The number of ether oxygens (including phenoxy) is 1. The molecule has 5 fully saturated rings. The first-order chi connectivity index (χ1) is 18.1. The van der Waals surface area contributed by atoms with E-state index in [-0.39, 0.29) is 23.5 Å². The van der Waals surface area contributed by atoms with E-state index >= 15 is 0 Å². The molecule has 0 spiro atoms. The average Bonchev–Trinajstić information content (AvgIpc) is 3.13. The van der Waals surface area contributed by atoms with Crippen molar-refractivity contribution in [1.29, 1.82) is 0 Å². The highest BCUT2D eigenvalue weighted by atomic mass is 28.4. The maximum atomic E-state index is 14.6. The van der Waals surface area contributed by atoms with Gasteiger partial charge in [-0.25, -0.2) is 4.79 Å². The molecule has 6 atom stereocenters. The summed E-state index contributed by atoms with van der Waals surface area (Å²) in [6.45, 7) is 16.3. The fourth-order valence-corrected chi connectivity index (χ4v) is 12.1. The molecule has 4 bridgehead atoms. The number of carbonyl (C=O) groups excluding carboxylic acids is 3. The molecule has 0 aromatic heterocycles. The largest absolute Gasteiger partial charge is 0.444 e. The number of likely N-dealkylation sites (tertiary alicyclic amines) is 1. The number of alkyl carbamates (subject to hydrolysis) is 1. The number of nitrogens with two attached hydrogens (primary N) is 1. The molecular formula is C30H53N3O5Si. The fraction of sp³-hybridized carbons (Fsp3) is 0.900. The molecule has 5 aliphatic rings. The molecule has 3 N–H and O–H groups in total. The topological polar surface area (TPSA) is 111 Å². The summed E-state index contributed by atoms with van der Waals surface area (Å²) in [6.07, 6.45) is 5.78. The minimum absolute atomic E-state index is 0.141. The lowest BCUT2D eigenvalue weighted by molar-refractivity contribution is -0.175. The van der Waals surface area contributed by atoms with Crippen LogP contribution in [0.1, 0.15) is 100 Å². The molecule has 0 radical (unpaired) electrons. The minimum Gasteiger partial charge on any atom is -0.444 e. The molecular weight excluding hydrogens is 510 g/mol. The fourth-order valence-electron chi connectivity index (χ4n) is 9.01. The van der Waals surface area contributed by atoms with E-state index in [0.717, 1.165) is 50.2 Å². The van der Waals surface area contributed by atoms with Crippen LogP contribution in [0, 0.1) is 23.2 Å². The lowest BCUT2D eigenvalue weighted by atomic mass is 9.46. The van der Waals surface area contributed by atoms with Gasteiger partial charge in [-0.3, -0.25) is 9.59 Å². The van der Waals surface area contributed by atoms with Crippen molar-refractivity contribution < 1.29 is 23.5 Å². The summed E-state index contributed by atoms with van der Waals surface area (Å²) in [5.74, 6) is 0.418. The Morgan fingerprint density at radius 1 is 1.00 bits per heavy atom. The summed E-state index contributed by atoms with van der Waals surface area (Å²) in [7, 11) is -1.90. The lowest BCUT2D eigenvalue weighted by Crippen LogP contribution is -2.68. The third-order valence-corrected chi connectivity index (χ3v) is 15.4. The third-order valence-electron chi connectivity index (χ3n) is 10.7. The van der Waals surface area contributed by atoms with Crippen LogP contribution < -0.4 is 11.1 Å². The van der Waals surface area contributed by atoms with E-state index in [1.54, 1.807) is 4.90 Å². The number of primary amides is 1. The van der Waals surface area contributed by atoms with Crippen molar-refractivity contribution in [1.82, 2.24) is 10.2 Å². The van der Waals surface area contributed by atoms with Crippen LogP contribution in [0.5, 0.6) is 0 Å². The number of hydrogen-bond acceptors (Lipinski definition) is 5. The van der Waals surface area contributed by atoms with E-state index in [0.29, 0.717) is 18.3 Å². The molecule has 5 rings (SSSR count). The highest BCUT2D eigenvalue weighted by Crippen LogP contribution is 2.65. The second-order valence-corrected chi connectivity index (χ2v) is 19.2. The summed E-state index contributed by atoms with van der Waals surface area (Å²) >= 11 is 0. The number of nitrogens with one attached hydrogen (secondary N) is 1. The van der Waals surface area contributed by atoms with Gasteiger partial charge >= 0.3 is 6.09 Å². The molecule has 0 aromatic rings. The molecule has 0 aromatic carbocycles.